The van der Waals surface area contributed by atoms with Gasteiger partial charge >= 0.3 is 0 Å². The molecule has 1 amide bonds. The van der Waals surface area contributed by atoms with Crippen molar-refractivity contribution < 1.29 is 9.21 Å². The highest BCUT2D eigenvalue weighted by atomic mass is 35.5. The maximum Gasteiger partial charge on any atom is 0.262 e. The van der Waals surface area contributed by atoms with E-state index in [9.17, 15) is 9.59 Å². The summed E-state index contributed by atoms with van der Waals surface area (Å²) in [6.07, 6.45) is 1.53. The zero-order valence-electron chi connectivity index (χ0n) is 17.2. The molecule has 0 saturated heterocycles. The molecule has 1 unspecified atom stereocenters. The number of benzene rings is 2. The van der Waals surface area contributed by atoms with Crippen LogP contribution in [0.5, 0.6) is 0 Å². The number of aromatic nitrogens is 2. The van der Waals surface area contributed by atoms with Gasteiger partial charge in [0.25, 0.3) is 5.56 Å². The minimum absolute atomic E-state index is 0.166. The van der Waals surface area contributed by atoms with Gasteiger partial charge in [0.05, 0.1) is 39.5 Å². The number of thioether (sulfide) groups is 1. The van der Waals surface area contributed by atoms with Crippen LogP contribution in [0, 0.1) is 11.3 Å². The number of amides is 1. The predicted molar refractivity (Wildman–Crippen MR) is 129 cm³/mol. The van der Waals surface area contributed by atoms with Gasteiger partial charge in [-0.25, -0.2) is 4.98 Å². The Kier molecular flexibility index (Phi) is 6.75. The number of nitrogens with zero attached hydrogens (tertiary/aromatic N) is 3. The van der Waals surface area contributed by atoms with Crippen LogP contribution in [0.25, 0.3) is 10.9 Å². The predicted octanol–water partition coefficient (Wildman–Crippen LogP) is 5.34. The number of nitriles is 1. The lowest BCUT2D eigenvalue weighted by atomic mass is 10.2. The molecule has 0 fully saturated rings. The summed E-state index contributed by atoms with van der Waals surface area (Å²) in [5.74, 6) is 0.268. The van der Waals surface area contributed by atoms with Crippen molar-refractivity contribution >= 4 is 57.5 Å². The van der Waals surface area contributed by atoms with E-state index in [4.69, 9.17) is 32.9 Å². The van der Waals surface area contributed by atoms with Crippen LogP contribution in [0.3, 0.4) is 0 Å². The van der Waals surface area contributed by atoms with Crippen molar-refractivity contribution in [3.05, 3.63) is 86.5 Å². The second-order valence-corrected chi connectivity index (χ2v) is 9.23. The first-order valence-electron chi connectivity index (χ1n) is 9.75. The van der Waals surface area contributed by atoms with Crippen molar-refractivity contribution in [2.75, 3.05) is 5.32 Å². The third-order valence-corrected chi connectivity index (χ3v) is 6.42. The van der Waals surface area contributed by atoms with E-state index >= 15 is 0 Å². The summed E-state index contributed by atoms with van der Waals surface area (Å²) in [5, 5.41) is 12.6. The smallest absolute Gasteiger partial charge is 0.262 e. The number of carbonyl (C=O) groups is 1. The van der Waals surface area contributed by atoms with Crippen molar-refractivity contribution in [2.45, 2.75) is 23.9 Å². The molecule has 0 spiro atoms. The highest BCUT2D eigenvalue weighted by Crippen LogP contribution is 2.26. The lowest BCUT2D eigenvalue weighted by molar-refractivity contribution is -0.115. The van der Waals surface area contributed by atoms with Crippen molar-refractivity contribution in [3.63, 3.8) is 0 Å². The standard InChI is InChI=1S/C23H16Cl2N4O3S/c1-13(21(30)27-16-6-4-14(11-26)19(25)10-16)33-23-28-20-9-15(24)5-7-18(20)22(31)29(23)12-17-3-2-8-32-17/h2-10,13H,12H2,1H3,(H,27,30). The van der Waals surface area contributed by atoms with Crippen LogP contribution in [0.15, 0.2) is 69.2 Å². The monoisotopic (exact) mass is 498 g/mol. The van der Waals surface area contributed by atoms with Gasteiger partial charge in [0.2, 0.25) is 5.91 Å². The summed E-state index contributed by atoms with van der Waals surface area (Å²) in [6.45, 7) is 1.87. The van der Waals surface area contributed by atoms with E-state index in [0.29, 0.717) is 38.1 Å². The van der Waals surface area contributed by atoms with Gasteiger partial charge < -0.3 is 9.73 Å². The summed E-state index contributed by atoms with van der Waals surface area (Å²) < 4.78 is 6.88. The second kappa shape index (κ2) is 9.71. The fourth-order valence-electron chi connectivity index (χ4n) is 3.10. The molecule has 1 atom stereocenters. The molecule has 2 heterocycles. The summed E-state index contributed by atoms with van der Waals surface area (Å²) in [6, 6.07) is 15.0. The molecule has 10 heteroatoms. The van der Waals surface area contributed by atoms with Crippen molar-refractivity contribution in [1.29, 1.82) is 5.26 Å². The molecule has 33 heavy (non-hydrogen) atoms. The van der Waals surface area contributed by atoms with E-state index in [1.165, 1.54) is 23.0 Å². The first-order valence-corrected chi connectivity index (χ1v) is 11.4. The summed E-state index contributed by atoms with van der Waals surface area (Å²) in [4.78, 5) is 30.6. The molecule has 1 N–H and O–H groups in total. The highest BCUT2D eigenvalue weighted by molar-refractivity contribution is 8.00. The number of rotatable bonds is 6. The molecule has 2 aromatic heterocycles. The van der Waals surface area contributed by atoms with Crippen molar-refractivity contribution in [1.82, 2.24) is 9.55 Å². The van der Waals surface area contributed by atoms with Crippen LogP contribution in [-0.4, -0.2) is 20.7 Å². The molecule has 4 rings (SSSR count). The van der Waals surface area contributed by atoms with E-state index in [0.717, 1.165) is 11.8 Å². The van der Waals surface area contributed by atoms with Crippen LogP contribution in [0.2, 0.25) is 10.0 Å². The van der Waals surface area contributed by atoms with E-state index in [1.807, 2.05) is 6.07 Å². The Hall–Kier alpha value is -3.25. The molecule has 0 aliphatic carbocycles. The average molecular weight is 499 g/mol. The molecule has 0 saturated carbocycles. The Bertz CT molecular complexity index is 1440. The molecule has 0 bridgehead atoms. The van der Waals surface area contributed by atoms with Crippen LogP contribution in [-0.2, 0) is 11.3 Å². The second-order valence-electron chi connectivity index (χ2n) is 7.08. The fourth-order valence-corrected chi connectivity index (χ4v) is 4.40. The molecule has 0 aliphatic rings. The van der Waals surface area contributed by atoms with E-state index in [2.05, 4.69) is 10.3 Å². The van der Waals surface area contributed by atoms with Gasteiger partial charge in [0.15, 0.2) is 5.16 Å². The highest BCUT2D eigenvalue weighted by Gasteiger charge is 2.21. The minimum atomic E-state index is -0.606. The van der Waals surface area contributed by atoms with E-state index in [-0.39, 0.29) is 23.0 Å². The molecule has 0 aliphatic heterocycles. The number of hydrogen-bond acceptors (Lipinski definition) is 6. The number of furan rings is 1. The number of nitrogens with one attached hydrogen (secondary N) is 1. The number of carbonyl (C=O) groups excluding carboxylic acids is 1. The summed E-state index contributed by atoms with van der Waals surface area (Å²) in [7, 11) is 0. The topological polar surface area (TPSA) is 101 Å². The van der Waals surface area contributed by atoms with Crippen LogP contribution < -0.4 is 10.9 Å². The largest absolute Gasteiger partial charge is 0.467 e. The van der Waals surface area contributed by atoms with Gasteiger partial charge in [-0.3, -0.25) is 14.2 Å². The number of fused-ring (bicyclic) bond motifs is 1. The minimum Gasteiger partial charge on any atom is -0.467 e. The Balaban J connectivity index is 1.64. The van der Waals surface area contributed by atoms with Gasteiger partial charge in [0, 0.05) is 10.7 Å². The quantitative estimate of drug-likeness (QED) is 0.284. The van der Waals surface area contributed by atoms with Crippen molar-refractivity contribution in [2.24, 2.45) is 0 Å². The molecule has 166 valence electrons. The van der Waals surface area contributed by atoms with Crippen molar-refractivity contribution in [3.8, 4) is 6.07 Å². The van der Waals surface area contributed by atoms with Crippen LogP contribution >= 0.6 is 35.0 Å². The van der Waals surface area contributed by atoms with E-state index in [1.54, 1.807) is 43.3 Å². The molecule has 7 nitrogen and oxygen atoms in total. The number of hydrogen-bond donors (Lipinski definition) is 1. The Morgan fingerprint density at radius 1 is 1.27 bits per heavy atom. The summed E-state index contributed by atoms with van der Waals surface area (Å²) in [5.41, 5.74) is 0.958. The molecule has 0 radical (unpaired) electrons. The zero-order chi connectivity index (χ0) is 23.5. The fraction of sp³-hybridized carbons (Fsp3) is 0.130. The maximum atomic E-state index is 13.2. The van der Waals surface area contributed by atoms with Gasteiger partial charge in [-0.2, -0.15) is 5.26 Å². The molecule has 4 aromatic rings. The Morgan fingerprint density at radius 3 is 2.79 bits per heavy atom. The van der Waals surface area contributed by atoms with E-state index < -0.39 is 5.25 Å². The summed E-state index contributed by atoms with van der Waals surface area (Å²) >= 11 is 13.3. The Morgan fingerprint density at radius 2 is 2.09 bits per heavy atom. The molecular formula is C23H16Cl2N4O3S. The zero-order valence-corrected chi connectivity index (χ0v) is 19.5. The normalized spacial score (nSPS) is 11.8. The Labute approximate surface area is 202 Å². The van der Waals surface area contributed by atoms with Gasteiger partial charge in [-0.05, 0) is 55.5 Å². The lowest BCUT2D eigenvalue weighted by Crippen LogP contribution is -2.27. The third-order valence-electron chi connectivity index (χ3n) is 4.78. The van der Waals surface area contributed by atoms with Gasteiger partial charge in [-0.15, -0.1) is 0 Å². The van der Waals surface area contributed by atoms with Gasteiger partial charge in [-0.1, -0.05) is 35.0 Å². The number of halogens is 2. The first-order chi connectivity index (χ1) is 15.9. The van der Waals surface area contributed by atoms with Gasteiger partial charge in [0.1, 0.15) is 11.8 Å². The third kappa shape index (κ3) is 5.06. The number of anilines is 1. The van der Waals surface area contributed by atoms with Crippen LogP contribution in [0.4, 0.5) is 5.69 Å². The SMILES string of the molecule is CC(Sc1nc2cc(Cl)ccc2c(=O)n1Cc1ccco1)C(=O)Nc1ccc(C#N)c(Cl)c1. The van der Waals surface area contributed by atoms with Crippen LogP contribution in [0.1, 0.15) is 18.2 Å². The maximum absolute atomic E-state index is 13.2. The average Bonchev–Trinajstić information content (AvgIpc) is 3.29. The lowest BCUT2D eigenvalue weighted by Gasteiger charge is -2.16. The first kappa shape index (κ1) is 22.9. The molecule has 2 aromatic carbocycles. The molecular weight excluding hydrogens is 483 g/mol.